The molecule has 0 saturated carbocycles. The van der Waals surface area contributed by atoms with Crippen LogP contribution in [0.2, 0.25) is 0 Å². The Morgan fingerprint density at radius 1 is 0.911 bits per heavy atom. The number of ether oxygens (including phenoxy) is 1. The molecule has 2 aliphatic rings. The van der Waals surface area contributed by atoms with Gasteiger partial charge in [-0.3, -0.25) is 19.3 Å². The van der Waals surface area contributed by atoms with Gasteiger partial charge in [-0.25, -0.2) is 0 Å². The number of amides is 3. The maximum atomic E-state index is 13.6. The summed E-state index contributed by atoms with van der Waals surface area (Å²) < 4.78 is 42.1. The zero-order valence-corrected chi connectivity index (χ0v) is 26.0. The van der Waals surface area contributed by atoms with Crippen molar-refractivity contribution >= 4 is 39.3 Å². The average Bonchev–Trinajstić information content (AvgIpc) is 3.29. The van der Waals surface area contributed by atoms with Gasteiger partial charge < -0.3 is 20.3 Å². The molecule has 3 aromatic rings. The fourth-order valence-corrected chi connectivity index (χ4v) is 6.19. The zero-order valence-electron chi connectivity index (χ0n) is 24.4. The lowest BCUT2D eigenvalue weighted by Crippen LogP contribution is -2.48. The molecule has 8 nitrogen and oxygen atoms in total. The first kappa shape index (κ1) is 32.5. The lowest BCUT2D eigenvalue weighted by Gasteiger charge is -2.33. The van der Waals surface area contributed by atoms with E-state index in [1.165, 1.54) is 17.7 Å². The van der Waals surface area contributed by atoms with Crippen LogP contribution in [0.25, 0.3) is 0 Å². The monoisotopic (exact) mass is 686 g/mol. The fraction of sp³-hybridized carbons (Fsp3) is 0.364. The molecular formula is C33H34BrF3N4O4. The highest BCUT2D eigenvalue weighted by Gasteiger charge is 2.42. The maximum Gasteiger partial charge on any atom is 0.573 e. The molecule has 3 aromatic carbocycles. The second-order valence-electron chi connectivity index (χ2n) is 11.4. The van der Waals surface area contributed by atoms with Crippen molar-refractivity contribution in [3.8, 4) is 5.75 Å². The highest BCUT2D eigenvalue weighted by atomic mass is 79.9. The number of piperidine rings is 1. The Balaban J connectivity index is 1.18. The van der Waals surface area contributed by atoms with Crippen molar-refractivity contribution in [2.24, 2.45) is 5.92 Å². The van der Waals surface area contributed by atoms with Gasteiger partial charge in [0.05, 0.1) is 6.04 Å². The summed E-state index contributed by atoms with van der Waals surface area (Å²) in [6.45, 7) is 2.46. The normalized spacial score (nSPS) is 19.4. The SMILES string of the molecule is O=C(C[C@H]1C[C@H](c2ccc(Br)cc2)N(CC(=O)NC2CCN(Cc3ccccc3)CC2)C1=O)Nc1ccc(OC(F)(F)F)cc1. The number of benzene rings is 3. The number of alkyl halides is 3. The Bertz CT molecular complexity index is 1460. The quantitative estimate of drug-likeness (QED) is 0.271. The number of likely N-dealkylation sites (tertiary alicyclic amines) is 2. The molecular weight excluding hydrogens is 653 g/mol. The van der Waals surface area contributed by atoms with E-state index in [2.05, 4.69) is 48.3 Å². The van der Waals surface area contributed by atoms with Crippen LogP contribution in [-0.4, -0.2) is 59.6 Å². The standard InChI is InChI=1S/C33H34BrF3N4O4/c34-25-8-6-23(7-9-25)29-18-24(19-30(42)38-26-10-12-28(13-11-26)45-33(35,36)37)32(44)41(29)21-31(43)39-27-14-16-40(17-15-27)20-22-4-2-1-3-5-22/h1-13,24,27,29H,14-21H2,(H,38,42)(H,39,43)/t24-,29-/m1/s1. The van der Waals surface area contributed by atoms with Crippen molar-refractivity contribution in [3.05, 3.63) is 94.5 Å². The number of hydrogen-bond donors (Lipinski definition) is 2. The first-order chi connectivity index (χ1) is 21.5. The summed E-state index contributed by atoms with van der Waals surface area (Å²) in [5.41, 5.74) is 2.38. The Hall–Kier alpha value is -3.90. The average molecular weight is 688 g/mol. The molecule has 5 rings (SSSR count). The van der Waals surface area contributed by atoms with Gasteiger partial charge in [0.1, 0.15) is 12.3 Å². The Labute approximate surface area is 268 Å². The van der Waals surface area contributed by atoms with Crippen molar-refractivity contribution in [2.75, 3.05) is 25.0 Å². The van der Waals surface area contributed by atoms with Crippen LogP contribution >= 0.6 is 15.9 Å². The molecule has 2 aliphatic heterocycles. The van der Waals surface area contributed by atoms with E-state index in [0.29, 0.717) is 6.42 Å². The van der Waals surface area contributed by atoms with Gasteiger partial charge in [-0.15, -0.1) is 13.2 Å². The number of nitrogens with one attached hydrogen (secondary N) is 2. The topological polar surface area (TPSA) is 91.0 Å². The van der Waals surface area contributed by atoms with Crippen molar-refractivity contribution in [1.29, 1.82) is 0 Å². The minimum Gasteiger partial charge on any atom is -0.406 e. The summed E-state index contributed by atoms with van der Waals surface area (Å²) in [6, 6.07) is 22.2. The van der Waals surface area contributed by atoms with Gasteiger partial charge in [0, 0.05) is 48.2 Å². The van der Waals surface area contributed by atoms with Gasteiger partial charge in [0.25, 0.3) is 0 Å². The molecule has 2 fully saturated rings. The lowest BCUT2D eigenvalue weighted by molar-refractivity contribution is -0.274. The van der Waals surface area contributed by atoms with E-state index in [0.717, 1.165) is 54.6 Å². The van der Waals surface area contributed by atoms with Crippen LogP contribution in [0.4, 0.5) is 18.9 Å². The molecule has 0 unspecified atom stereocenters. The molecule has 0 bridgehead atoms. The van der Waals surface area contributed by atoms with Crippen molar-refractivity contribution in [2.45, 2.75) is 50.7 Å². The van der Waals surface area contributed by atoms with E-state index < -0.39 is 23.9 Å². The summed E-state index contributed by atoms with van der Waals surface area (Å²) in [5, 5.41) is 5.75. The molecule has 0 radical (unpaired) electrons. The second-order valence-corrected chi connectivity index (χ2v) is 12.3. The maximum absolute atomic E-state index is 13.6. The van der Waals surface area contributed by atoms with Crippen LogP contribution in [0.3, 0.4) is 0 Å². The first-order valence-corrected chi connectivity index (χ1v) is 15.6. The van der Waals surface area contributed by atoms with Crippen LogP contribution in [0.5, 0.6) is 5.75 Å². The van der Waals surface area contributed by atoms with E-state index in [1.54, 1.807) is 4.90 Å². The third kappa shape index (κ3) is 9.30. The Morgan fingerprint density at radius 2 is 1.58 bits per heavy atom. The van der Waals surface area contributed by atoms with Gasteiger partial charge in [-0.2, -0.15) is 0 Å². The number of nitrogens with zero attached hydrogens (tertiary/aromatic N) is 2. The zero-order chi connectivity index (χ0) is 32.0. The van der Waals surface area contributed by atoms with Gasteiger partial charge in [0.15, 0.2) is 0 Å². The first-order valence-electron chi connectivity index (χ1n) is 14.8. The van der Waals surface area contributed by atoms with Gasteiger partial charge >= 0.3 is 6.36 Å². The lowest BCUT2D eigenvalue weighted by atomic mass is 9.97. The highest BCUT2D eigenvalue weighted by molar-refractivity contribution is 9.10. The molecule has 0 spiro atoms. The smallest absolute Gasteiger partial charge is 0.406 e. The third-order valence-electron chi connectivity index (χ3n) is 8.09. The van der Waals surface area contributed by atoms with Crippen molar-refractivity contribution < 1.29 is 32.3 Å². The van der Waals surface area contributed by atoms with Crippen molar-refractivity contribution in [3.63, 3.8) is 0 Å². The number of carbonyl (C=O) groups excluding carboxylic acids is 3. The van der Waals surface area contributed by atoms with E-state index >= 15 is 0 Å². The van der Waals surface area contributed by atoms with Crippen molar-refractivity contribution in [1.82, 2.24) is 15.1 Å². The van der Waals surface area contributed by atoms with E-state index in [4.69, 9.17) is 0 Å². The van der Waals surface area contributed by atoms with Crippen LogP contribution in [0, 0.1) is 5.92 Å². The fourth-order valence-electron chi connectivity index (χ4n) is 5.93. The number of anilines is 1. The van der Waals surface area contributed by atoms with Gasteiger partial charge in [0.2, 0.25) is 17.7 Å². The van der Waals surface area contributed by atoms with E-state index in [1.807, 2.05) is 42.5 Å². The summed E-state index contributed by atoms with van der Waals surface area (Å²) in [4.78, 5) is 43.6. The summed E-state index contributed by atoms with van der Waals surface area (Å²) in [5.74, 6) is -2.06. The Morgan fingerprint density at radius 3 is 2.22 bits per heavy atom. The van der Waals surface area contributed by atoms with Gasteiger partial charge in [-0.05, 0) is 66.8 Å². The third-order valence-corrected chi connectivity index (χ3v) is 8.62. The minimum absolute atomic E-state index is 0.0165. The molecule has 238 valence electrons. The van der Waals surface area contributed by atoms with Crippen LogP contribution in [0.15, 0.2) is 83.3 Å². The number of halogens is 4. The predicted molar refractivity (Wildman–Crippen MR) is 166 cm³/mol. The molecule has 2 heterocycles. The summed E-state index contributed by atoms with van der Waals surface area (Å²) >= 11 is 3.43. The molecule has 3 amide bonds. The minimum atomic E-state index is -4.82. The van der Waals surface area contributed by atoms with E-state index in [9.17, 15) is 27.6 Å². The van der Waals surface area contributed by atoms with Crippen LogP contribution < -0.4 is 15.4 Å². The molecule has 0 aromatic heterocycles. The van der Waals surface area contributed by atoms with E-state index in [-0.39, 0.29) is 42.6 Å². The molecule has 0 aliphatic carbocycles. The largest absolute Gasteiger partial charge is 0.573 e. The molecule has 45 heavy (non-hydrogen) atoms. The summed E-state index contributed by atoms with van der Waals surface area (Å²) in [7, 11) is 0. The van der Waals surface area contributed by atoms with Gasteiger partial charge in [-0.1, -0.05) is 58.4 Å². The second kappa shape index (κ2) is 14.5. The Kier molecular flexibility index (Phi) is 10.4. The number of hydrogen-bond acceptors (Lipinski definition) is 5. The predicted octanol–water partition coefficient (Wildman–Crippen LogP) is 6.05. The van der Waals surface area contributed by atoms with Crippen LogP contribution in [0.1, 0.15) is 42.9 Å². The number of carbonyl (C=O) groups is 3. The molecule has 2 N–H and O–H groups in total. The number of rotatable bonds is 10. The summed E-state index contributed by atoms with van der Waals surface area (Å²) in [6.07, 6.45) is -2.98. The molecule has 12 heteroatoms. The molecule has 2 saturated heterocycles. The highest BCUT2D eigenvalue weighted by Crippen LogP contribution is 2.38. The molecule has 2 atom stereocenters. The van der Waals surface area contributed by atoms with Crippen LogP contribution in [-0.2, 0) is 20.9 Å².